The van der Waals surface area contributed by atoms with Crippen LogP contribution in [0.25, 0.3) is 255 Å². The van der Waals surface area contributed by atoms with Gasteiger partial charge in [-0.1, -0.05) is 322 Å². The molecule has 17 aromatic carbocycles. The highest BCUT2D eigenvalue weighted by atomic mass is 16.3. The summed E-state index contributed by atoms with van der Waals surface area (Å²) in [6.07, 6.45) is 0. The molecule has 0 atom stereocenters. The first-order chi connectivity index (χ1) is 58.9. The summed E-state index contributed by atoms with van der Waals surface area (Å²) < 4.78 is 19.8. The van der Waals surface area contributed by atoms with Crippen LogP contribution in [-0.2, 0) is 0 Å². The van der Waals surface area contributed by atoms with Crippen molar-refractivity contribution in [1.29, 1.82) is 0 Å². The maximum Gasteiger partial charge on any atom is 0.164 e. The Kier molecular flexibility index (Phi) is 15.4. The van der Waals surface area contributed by atoms with Crippen molar-refractivity contribution < 1.29 is 13.3 Å². The monoisotopic (exact) mass is 1520 g/mol. The van der Waals surface area contributed by atoms with Crippen molar-refractivity contribution in [3.8, 4) is 135 Å². The van der Waals surface area contributed by atoms with E-state index in [-0.39, 0.29) is 0 Å². The molecule has 24 rings (SSSR count). The minimum absolute atomic E-state index is 0.546. The number of pyridine rings is 2. The van der Waals surface area contributed by atoms with E-state index >= 15 is 0 Å². The summed E-state index contributed by atoms with van der Waals surface area (Å²) in [4.78, 5) is 41.7. The number of fused-ring (bicyclic) bond motifs is 19. The van der Waals surface area contributed by atoms with Crippen LogP contribution < -0.4 is 0 Å². The van der Waals surface area contributed by atoms with Crippen molar-refractivity contribution in [2.45, 2.75) is 0 Å². The van der Waals surface area contributed by atoms with Crippen molar-refractivity contribution >= 4 is 120 Å². The normalized spacial score (nSPS) is 11.9. The van der Waals surface area contributed by atoms with Gasteiger partial charge in [-0.15, -0.1) is 0 Å². The van der Waals surface area contributed by atoms with Gasteiger partial charge in [-0.2, -0.15) is 0 Å². The van der Waals surface area contributed by atoms with Gasteiger partial charge in [0.1, 0.15) is 33.7 Å². The average molecular weight is 1520 g/mol. The molecule has 24 aromatic rings. The number of nitrogens with zero attached hydrogens (tertiary/aromatic N) is 8. The van der Waals surface area contributed by atoms with E-state index < -0.39 is 0 Å². The molecule has 11 heteroatoms. The Hall–Kier alpha value is -16.2. The Morgan fingerprint density at radius 2 is 0.445 bits per heavy atom. The number of rotatable bonds is 12. The molecule has 0 aliphatic rings. The molecule has 0 unspecified atom stereocenters. The molecule has 7 aromatic heterocycles. The van der Waals surface area contributed by atoms with Crippen LogP contribution in [0, 0.1) is 0 Å². The summed E-state index contributed by atoms with van der Waals surface area (Å²) in [7, 11) is 0. The molecule has 119 heavy (non-hydrogen) atoms. The molecule has 0 aliphatic carbocycles. The molecule has 0 amide bonds. The average Bonchev–Trinajstić information content (AvgIpc) is 0.925. The van der Waals surface area contributed by atoms with Crippen molar-refractivity contribution in [2.75, 3.05) is 0 Å². The molecular formula is C108H62N8O3. The Morgan fingerprint density at radius 1 is 0.151 bits per heavy atom. The summed E-state index contributed by atoms with van der Waals surface area (Å²) >= 11 is 0. The fraction of sp³-hybridized carbons (Fsp3) is 0. The van der Waals surface area contributed by atoms with Crippen LogP contribution in [0.3, 0.4) is 0 Å². The van der Waals surface area contributed by atoms with Gasteiger partial charge >= 0.3 is 0 Å². The molecule has 0 saturated carbocycles. The second-order valence-corrected chi connectivity index (χ2v) is 30.4. The molecule has 552 valence electrons. The molecule has 0 radical (unpaired) electrons. The lowest BCUT2D eigenvalue weighted by Crippen LogP contribution is -2.00. The third-order valence-electron chi connectivity index (χ3n) is 23.4. The summed E-state index contributed by atoms with van der Waals surface area (Å²) in [6, 6.07) is 131. The number of hydrogen-bond acceptors (Lipinski definition) is 11. The Labute approximate surface area is 680 Å². The predicted octanol–water partition coefficient (Wildman–Crippen LogP) is 28.3. The maximum absolute atomic E-state index is 6.79. The highest BCUT2D eigenvalue weighted by molar-refractivity contribution is 6.27. The smallest absolute Gasteiger partial charge is 0.164 e. The SMILES string of the molecule is c1ccc(-c2nc(-c3ccccc3)nc(-c3ccc(-c4nc5cc(-c6ccc7c8cc(-c9cccc(-c%10nc(-c%11ccccc%11)nc(-c%11ccc(-c%12nc%13cc(-c%14ccc(-c%15cccc%16oc%17ccccc%17c%15%16)cc%14)ccc%13c%13c%12oc%12ccccc%12%13)cc%11)n%10)c9)ccc8c8ccccc8c7c6)ccc5c5c4oc4ccccc45)cc3)n2)cc1. The van der Waals surface area contributed by atoms with E-state index in [4.69, 9.17) is 53.1 Å². The fourth-order valence-electron chi connectivity index (χ4n) is 17.6. The lowest BCUT2D eigenvalue weighted by molar-refractivity contribution is 0.668. The first-order valence-electron chi connectivity index (χ1n) is 39.8. The zero-order valence-corrected chi connectivity index (χ0v) is 63.6. The van der Waals surface area contributed by atoms with Crippen LogP contribution in [0.5, 0.6) is 0 Å². The lowest BCUT2D eigenvalue weighted by Gasteiger charge is -2.14. The Morgan fingerprint density at radius 3 is 0.924 bits per heavy atom. The summed E-state index contributed by atoms with van der Waals surface area (Å²) in [5.41, 5.74) is 23.7. The standard InChI is InChI=1S/C108H62N8O3/c1-4-20-67(21-5-1)103-111-104(68-22-6-2-7-23-68)113-106(112-103)70-46-42-66(43-47-70)100-102-98(87-32-14-17-36-94(87)119-102)84-57-53-76(62-91(84)110-100)74-51-55-82-88(60-74)80-29-11-10-28-79(80)81-54-50-73(59-89(81)82)72-26-18-27-77(58-72)108-115-105(69-24-8-3-9-25-69)114-107(116-108)71-48-44-65(45-49-71)99-101-97(86-31-13-16-35-93(86)118-101)83-56-52-75(61-90(83)109-99)63-38-40-64(41-39-63)78-33-19-37-95-96(78)85-30-12-15-34-92(85)117-95/h1-62H. The van der Waals surface area contributed by atoms with Gasteiger partial charge in [0.05, 0.1) is 11.0 Å². The highest BCUT2D eigenvalue weighted by Crippen LogP contribution is 2.47. The van der Waals surface area contributed by atoms with Gasteiger partial charge in [0.25, 0.3) is 0 Å². The van der Waals surface area contributed by atoms with Crippen LogP contribution in [-0.4, -0.2) is 39.9 Å². The lowest BCUT2D eigenvalue weighted by atomic mass is 9.90. The first kappa shape index (κ1) is 67.3. The van der Waals surface area contributed by atoms with Gasteiger partial charge in [-0.25, -0.2) is 39.9 Å². The van der Waals surface area contributed by atoms with E-state index in [9.17, 15) is 0 Å². The zero-order valence-electron chi connectivity index (χ0n) is 63.6. The van der Waals surface area contributed by atoms with E-state index in [1.54, 1.807) is 0 Å². The van der Waals surface area contributed by atoms with E-state index in [0.29, 0.717) is 34.9 Å². The minimum atomic E-state index is 0.546. The van der Waals surface area contributed by atoms with Crippen molar-refractivity contribution in [3.05, 3.63) is 376 Å². The van der Waals surface area contributed by atoms with Crippen LogP contribution in [0.1, 0.15) is 0 Å². The van der Waals surface area contributed by atoms with E-state index in [1.807, 2.05) is 133 Å². The predicted molar refractivity (Wildman–Crippen MR) is 483 cm³/mol. The number of benzene rings is 17. The summed E-state index contributed by atoms with van der Waals surface area (Å²) in [5.74, 6) is 3.47. The van der Waals surface area contributed by atoms with E-state index in [1.165, 1.54) is 16.2 Å². The first-order valence-corrected chi connectivity index (χ1v) is 39.8. The maximum atomic E-state index is 6.79. The highest BCUT2D eigenvalue weighted by Gasteiger charge is 2.25. The molecular weight excluding hydrogens is 1460 g/mol. The van der Waals surface area contributed by atoms with Crippen molar-refractivity contribution in [3.63, 3.8) is 0 Å². The van der Waals surface area contributed by atoms with E-state index in [0.717, 1.165) is 204 Å². The van der Waals surface area contributed by atoms with E-state index in [2.05, 4.69) is 243 Å². The van der Waals surface area contributed by atoms with Gasteiger partial charge in [0.15, 0.2) is 46.1 Å². The largest absolute Gasteiger partial charge is 0.456 e. The van der Waals surface area contributed by atoms with Crippen LogP contribution >= 0.6 is 0 Å². The molecule has 0 aliphatic heterocycles. The van der Waals surface area contributed by atoms with Crippen LogP contribution in [0.4, 0.5) is 0 Å². The number of aromatic nitrogens is 8. The quantitative estimate of drug-likeness (QED) is 0.108. The second-order valence-electron chi connectivity index (χ2n) is 30.4. The third-order valence-corrected chi connectivity index (χ3v) is 23.4. The Balaban J connectivity index is 0.564. The molecule has 0 spiro atoms. The molecule has 0 saturated heterocycles. The Bertz CT molecular complexity index is 8210. The second kappa shape index (κ2) is 27.2. The minimum Gasteiger partial charge on any atom is -0.456 e. The van der Waals surface area contributed by atoms with Gasteiger partial charge in [0.2, 0.25) is 0 Å². The van der Waals surface area contributed by atoms with Gasteiger partial charge in [0, 0.05) is 87.6 Å². The summed E-state index contributed by atoms with van der Waals surface area (Å²) in [5, 5.41) is 15.4. The molecule has 0 N–H and O–H groups in total. The van der Waals surface area contributed by atoms with Crippen molar-refractivity contribution in [1.82, 2.24) is 39.9 Å². The number of hydrogen-bond donors (Lipinski definition) is 0. The van der Waals surface area contributed by atoms with Gasteiger partial charge in [-0.3, -0.25) is 0 Å². The van der Waals surface area contributed by atoms with Crippen LogP contribution in [0.2, 0.25) is 0 Å². The summed E-state index contributed by atoms with van der Waals surface area (Å²) in [6.45, 7) is 0. The van der Waals surface area contributed by atoms with Gasteiger partial charge < -0.3 is 13.3 Å². The van der Waals surface area contributed by atoms with Crippen molar-refractivity contribution in [2.24, 2.45) is 0 Å². The molecule has 7 heterocycles. The third kappa shape index (κ3) is 11.4. The number of para-hydroxylation sites is 3. The zero-order chi connectivity index (χ0) is 78.2. The topological polar surface area (TPSA) is 143 Å². The fourth-order valence-corrected chi connectivity index (χ4v) is 17.6. The van der Waals surface area contributed by atoms with Crippen LogP contribution in [0.15, 0.2) is 389 Å². The molecule has 11 nitrogen and oxygen atoms in total. The molecule has 0 bridgehead atoms. The van der Waals surface area contributed by atoms with Gasteiger partial charge in [-0.05, 0) is 131 Å². The number of furan rings is 3. The molecule has 0 fully saturated rings.